The van der Waals surface area contributed by atoms with Crippen molar-refractivity contribution in [1.82, 2.24) is 10.6 Å². The second-order valence-electron chi connectivity index (χ2n) is 12.7. The van der Waals surface area contributed by atoms with E-state index in [2.05, 4.69) is 10.6 Å². The van der Waals surface area contributed by atoms with E-state index in [1.165, 1.54) is 0 Å². The Morgan fingerprint density at radius 1 is 0.451 bits per heavy atom. The molecule has 0 heterocycles. The molecular weight excluding hydrogens is 686 g/mol. The number of nitrogens with one attached hydrogen (secondary N) is 2. The van der Waals surface area contributed by atoms with E-state index in [0.717, 1.165) is 6.92 Å². The van der Waals surface area contributed by atoms with E-state index in [0.29, 0.717) is 0 Å². The van der Waals surface area contributed by atoms with Crippen LogP contribution in [-0.2, 0) is 43.2 Å². The summed E-state index contributed by atoms with van der Waals surface area (Å²) in [5.41, 5.74) is -5.33. The molecule has 2 amide bonds. The third-order valence-corrected chi connectivity index (χ3v) is 8.68. The van der Waals surface area contributed by atoms with Gasteiger partial charge in [-0.3, -0.25) is 48.5 Å². The summed E-state index contributed by atoms with van der Waals surface area (Å²) in [7, 11) is 0. The van der Waals surface area contributed by atoms with Crippen LogP contribution >= 0.6 is 0 Å². The number of carboxylic acid groups (broad SMARTS) is 6. The Bertz CT molecular complexity index is 1140. The number of carbonyl (C=O) groups is 9. The minimum Gasteiger partial charge on any atom is -0.481 e. The van der Waals surface area contributed by atoms with Gasteiger partial charge in [-0.05, 0) is 45.4 Å². The minimum absolute atomic E-state index is 0.343. The molecule has 0 aliphatic heterocycles. The van der Waals surface area contributed by atoms with Crippen molar-refractivity contribution in [3.8, 4) is 0 Å². The molecule has 0 saturated carbocycles. The average molecular weight is 734 g/mol. The summed E-state index contributed by atoms with van der Waals surface area (Å²) in [5, 5.41) is 72.8. The van der Waals surface area contributed by atoms with E-state index < -0.39 is 146 Å². The molecule has 0 atom stereocenters. The first kappa shape index (κ1) is 45.8. The number of ketones is 1. The average Bonchev–Trinajstić information content (AvgIpc) is 3.01. The highest BCUT2D eigenvalue weighted by molar-refractivity contribution is 5.79. The topological polar surface area (TPSA) is 342 Å². The molecule has 0 bridgehead atoms. The molecule has 0 aromatic heterocycles. The Kier molecular flexibility index (Phi) is 19.6. The maximum absolute atomic E-state index is 13.2. The van der Waals surface area contributed by atoms with Crippen LogP contribution in [0, 0.1) is 10.1 Å². The molecule has 0 saturated heterocycles. The zero-order chi connectivity index (χ0) is 39.4. The van der Waals surface area contributed by atoms with Gasteiger partial charge in [-0.2, -0.15) is 0 Å². The van der Waals surface area contributed by atoms with Crippen molar-refractivity contribution >= 4 is 53.4 Å². The number of Topliss-reactive ketones (excluding diaryl/α,β-unsaturated/α-hetero) is 1. The lowest BCUT2D eigenvalue weighted by Gasteiger charge is -2.35. The predicted octanol–water partition coefficient (Wildman–Crippen LogP) is 1.83. The standard InChI is InChI=1S/C31H47N3O17/c1-20(35)2-17-31(34(50)51,18-3-21(36)32-29(11-5-23(38)39,12-6-24(40)41)13-7-25(42)43)19-4-22(37)33-30(14-8-26(44)45,15-9-27(46)47)16-10-28(48)49/h2-19H2,1H3,(H,32,36)(H,33,37)(H,38,39)(H,40,41)(H,42,43)(H,44,45)(H,46,47)(H,48,49). The molecule has 0 aromatic carbocycles. The van der Waals surface area contributed by atoms with Crippen molar-refractivity contribution in [2.45, 2.75) is 139 Å². The molecule has 20 nitrogen and oxygen atoms in total. The van der Waals surface area contributed by atoms with Gasteiger partial charge >= 0.3 is 35.8 Å². The first-order valence-corrected chi connectivity index (χ1v) is 16.1. The monoisotopic (exact) mass is 733 g/mol. The summed E-state index contributed by atoms with van der Waals surface area (Å²) in [4.78, 5) is 118. The lowest BCUT2D eigenvalue weighted by atomic mass is 9.81. The van der Waals surface area contributed by atoms with Gasteiger partial charge in [-0.1, -0.05) is 0 Å². The van der Waals surface area contributed by atoms with E-state index in [9.17, 15) is 83.9 Å². The second kappa shape index (κ2) is 21.8. The van der Waals surface area contributed by atoms with Crippen LogP contribution < -0.4 is 10.6 Å². The number of carbonyl (C=O) groups excluding carboxylic acids is 3. The van der Waals surface area contributed by atoms with E-state index >= 15 is 0 Å². The maximum Gasteiger partial charge on any atom is 0.303 e. The smallest absolute Gasteiger partial charge is 0.303 e. The van der Waals surface area contributed by atoms with Gasteiger partial charge in [-0.25, -0.2) is 0 Å². The van der Waals surface area contributed by atoms with Crippen molar-refractivity contribution in [1.29, 1.82) is 0 Å². The van der Waals surface area contributed by atoms with Crippen molar-refractivity contribution in [2.24, 2.45) is 0 Å². The van der Waals surface area contributed by atoms with Crippen LogP contribution in [0.3, 0.4) is 0 Å². The number of rotatable bonds is 30. The molecule has 0 fully saturated rings. The van der Waals surface area contributed by atoms with Crippen LogP contribution in [0.4, 0.5) is 0 Å². The molecule has 0 rings (SSSR count). The van der Waals surface area contributed by atoms with Gasteiger partial charge in [0, 0.05) is 93.1 Å². The Labute approximate surface area is 292 Å². The van der Waals surface area contributed by atoms with Crippen LogP contribution in [-0.4, -0.2) is 106 Å². The first-order valence-electron chi connectivity index (χ1n) is 16.1. The van der Waals surface area contributed by atoms with Gasteiger partial charge in [0.05, 0.1) is 0 Å². The second-order valence-corrected chi connectivity index (χ2v) is 12.7. The van der Waals surface area contributed by atoms with Crippen molar-refractivity contribution in [2.75, 3.05) is 0 Å². The SMILES string of the molecule is CC(=O)CCC(CCC(=O)NC(CCC(=O)O)(CCC(=O)O)CCC(=O)O)(CCC(=O)NC(CCC(=O)O)(CCC(=O)O)CCC(=O)O)[N+](=O)[O-]. The summed E-state index contributed by atoms with van der Waals surface area (Å²) in [6, 6.07) is 0. The highest BCUT2D eigenvalue weighted by Crippen LogP contribution is 2.32. The summed E-state index contributed by atoms with van der Waals surface area (Å²) in [6.45, 7) is 1.16. The maximum atomic E-state index is 13.2. The van der Waals surface area contributed by atoms with Crippen molar-refractivity contribution in [3.05, 3.63) is 10.1 Å². The number of carboxylic acids is 6. The van der Waals surface area contributed by atoms with Crippen LogP contribution in [0.15, 0.2) is 0 Å². The number of amides is 2. The molecule has 0 aromatic rings. The largest absolute Gasteiger partial charge is 0.481 e. The highest BCUT2D eigenvalue weighted by atomic mass is 16.6. The van der Waals surface area contributed by atoms with E-state index in [1.807, 2.05) is 0 Å². The van der Waals surface area contributed by atoms with E-state index in [1.54, 1.807) is 0 Å². The molecule has 0 aliphatic carbocycles. The molecule has 51 heavy (non-hydrogen) atoms. The van der Waals surface area contributed by atoms with Crippen LogP contribution in [0.1, 0.15) is 122 Å². The summed E-state index contributed by atoms with van der Waals surface area (Å²) in [6.07, 6.45) is -8.79. The van der Waals surface area contributed by atoms with E-state index in [-0.39, 0.29) is 44.9 Å². The van der Waals surface area contributed by atoms with Crippen LogP contribution in [0.25, 0.3) is 0 Å². The fraction of sp³-hybridized carbons (Fsp3) is 0.710. The molecule has 0 radical (unpaired) electrons. The summed E-state index contributed by atoms with van der Waals surface area (Å²) >= 11 is 0. The number of aliphatic carboxylic acids is 6. The number of hydrogen-bond acceptors (Lipinski definition) is 11. The molecule has 8 N–H and O–H groups in total. The zero-order valence-electron chi connectivity index (χ0n) is 28.3. The zero-order valence-corrected chi connectivity index (χ0v) is 28.3. The van der Waals surface area contributed by atoms with Crippen LogP contribution in [0.5, 0.6) is 0 Å². The van der Waals surface area contributed by atoms with Gasteiger partial charge in [0.2, 0.25) is 17.4 Å². The summed E-state index contributed by atoms with van der Waals surface area (Å²) < 4.78 is 0. The van der Waals surface area contributed by atoms with Crippen LogP contribution in [0.2, 0.25) is 0 Å². The molecule has 0 spiro atoms. The third kappa shape index (κ3) is 19.6. The fourth-order valence-electron chi connectivity index (χ4n) is 5.67. The Morgan fingerprint density at radius 2 is 0.686 bits per heavy atom. The number of nitrogens with zero attached hydrogens (tertiary/aromatic N) is 1. The lowest BCUT2D eigenvalue weighted by Crippen LogP contribution is -2.51. The third-order valence-electron chi connectivity index (χ3n) is 8.68. The molecule has 0 unspecified atom stereocenters. The summed E-state index contributed by atoms with van der Waals surface area (Å²) in [5.74, 6) is -10.2. The molecule has 288 valence electrons. The Balaban J connectivity index is 6.38. The van der Waals surface area contributed by atoms with Gasteiger partial charge in [0.25, 0.3) is 0 Å². The van der Waals surface area contributed by atoms with Gasteiger partial charge in [0.15, 0.2) is 0 Å². The number of nitro groups is 1. The molecule has 20 heteroatoms. The highest BCUT2D eigenvalue weighted by Gasteiger charge is 2.44. The van der Waals surface area contributed by atoms with Gasteiger partial charge in [-0.15, -0.1) is 0 Å². The lowest BCUT2D eigenvalue weighted by molar-refractivity contribution is -0.573. The first-order chi connectivity index (χ1) is 23.6. The predicted molar refractivity (Wildman–Crippen MR) is 171 cm³/mol. The Hall–Kier alpha value is -5.17. The number of hydrogen-bond donors (Lipinski definition) is 8. The Morgan fingerprint density at radius 3 is 0.882 bits per heavy atom. The van der Waals surface area contributed by atoms with Crippen molar-refractivity contribution in [3.63, 3.8) is 0 Å². The van der Waals surface area contributed by atoms with Crippen molar-refractivity contribution < 1.29 is 78.7 Å². The van der Waals surface area contributed by atoms with Gasteiger partial charge in [0.1, 0.15) is 5.78 Å². The normalized spacial score (nSPS) is 11.6. The van der Waals surface area contributed by atoms with E-state index in [4.69, 9.17) is 0 Å². The minimum atomic E-state index is -2.10. The molecule has 0 aliphatic rings. The fourth-order valence-corrected chi connectivity index (χ4v) is 5.67. The molecular formula is C31H47N3O17. The quantitative estimate of drug-likeness (QED) is 0.0385. The van der Waals surface area contributed by atoms with Gasteiger partial charge < -0.3 is 46.1 Å².